The van der Waals surface area contributed by atoms with Crippen LogP contribution in [0.3, 0.4) is 0 Å². The van der Waals surface area contributed by atoms with Gasteiger partial charge in [-0.1, -0.05) is 42.6 Å². The lowest BCUT2D eigenvalue weighted by Gasteiger charge is -2.24. The molecular formula is C18H23ClN4O2S. The maximum absolute atomic E-state index is 12.4. The van der Waals surface area contributed by atoms with Gasteiger partial charge < -0.3 is 10.1 Å². The van der Waals surface area contributed by atoms with Gasteiger partial charge in [0.05, 0.1) is 17.9 Å². The molecule has 1 atom stereocenters. The second kappa shape index (κ2) is 8.77. The number of hydrogen-bond donors (Lipinski definition) is 2. The van der Waals surface area contributed by atoms with E-state index in [2.05, 4.69) is 20.5 Å². The highest BCUT2D eigenvalue weighted by Gasteiger charge is 2.22. The van der Waals surface area contributed by atoms with Crippen molar-refractivity contribution in [2.75, 3.05) is 7.11 Å². The van der Waals surface area contributed by atoms with Crippen molar-refractivity contribution in [1.29, 1.82) is 0 Å². The molecule has 1 aliphatic rings. The molecule has 1 saturated carbocycles. The van der Waals surface area contributed by atoms with Crippen molar-refractivity contribution in [1.82, 2.24) is 20.5 Å². The van der Waals surface area contributed by atoms with E-state index in [0.29, 0.717) is 27.8 Å². The lowest BCUT2D eigenvalue weighted by atomic mass is 9.95. The molecule has 1 heterocycles. The van der Waals surface area contributed by atoms with Gasteiger partial charge in [0, 0.05) is 11.1 Å². The lowest BCUT2D eigenvalue weighted by molar-refractivity contribution is -0.121. The second-order valence-electron chi connectivity index (χ2n) is 6.41. The zero-order valence-corrected chi connectivity index (χ0v) is 16.5. The van der Waals surface area contributed by atoms with Gasteiger partial charge >= 0.3 is 0 Å². The summed E-state index contributed by atoms with van der Waals surface area (Å²) in [5.41, 5.74) is 0.735. The third-order valence-corrected chi connectivity index (χ3v) is 5.68. The molecule has 8 heteroatoms. The summed E-state index contributed by atoms with van der Waals surface area (Å²) >= 11 is 7.41. The Bertz CT molecular complexity index is 761. The van der Waals surface area contributed by atoms with Crippen molar-refractivity contribution >= 4 is 29.3 Å². The number of aromatic nitrogens is 3. The fourth-order valence-corrected chi connectivity index (χ4v) is 3.97. The molecule has 0 bridgehead atoms. The van der Waals surface area contributed by atoms with Gasteiger partial charge in [0.1, 0.15) is 5.75 Å². The average molecular weight is 395 g/mol. The summed E-state index contributed by atoms with van der Waals surface area (Å²) in [5, 5.41) is 11.1. The van der Waals surface area contributed by atoms with Crippen LogP contribution in [0.4, 0.5) is 0 Å². The Morgan fingerprint density at radius 3 is 2.88 bits per heavy atom. The Morgan fingerprint density at radius 2 is 2.15 bits per heavy atom. The van der Waals surface area contributed by atoms with Crippen LogP contribution in [0.2, 0.25) is 5.02 Å². The summed E-state index contributed by atoms with van der Waals surface area (Å²) in [6.45, 7) is 1.87. The predicted molar refractivity (Wildman–Crippen MR) is 104 cm³/mol. The molecule has 6 nitrogen and oxygen atoms in total. The molecule has 0 aliphatic heterocycles. The van der Waals surface area contributed by atoms with Crippen LogP contribution in [-0.2, 0) is 4.79 Å². The highest BCUT2D eigenvalue weighted by molar-refractivity contribution is 8.00. The number of carbonyl (C=O) groups is 1. The van der Waals surface area contributed by atoms with Crippen molar-refractivity contribution in [2.24, 2.45) is 0 Å². The van der Waals surface area contributed by atoms with Crippen molar-refractivity contribution < 1.29 is 9.53 Å². The largest absolute Gasteiger partial charge is 0.496 e. The van der Waals surface area contributed by atoms with Gasteiger partial charge in [0.25, 0.3) is 0 Å². The fourth-order valence-electron chi connectivity index (χ4n) is 3.06. The number of hydrogen-bond acceptors (Lipinski definition) is 5. The van der Waals surface area contributed by atoms with Crippen molar-refractivity contribution in [2.45, 2.75) is 55.5 Å². The topological polar surface area (TPSA) is 79.9 Å². The average Bonchev–Trinajstić information content (AvgIpc) is 3.10. The number of thioether (sulfide) groups is 1. The highest BCUT2D eigenvalue weighted by Crippen LogP contribution is 2.31. The molecule has 1 aromatic carbocycles. The summed E-state index contributed by atoms with van der Waals surface area (Å²) in [6, 6.07) is 5.62. The van der Waals surface area contributed by atoms with Crippen LogP contribution in [0.25, 0.3) is 11.4 Å². The number of carbonyl (C=O) groups excluding carboxylic acids is 1. The van der Waals surface area contributed by atoms with Gasteiger partial charge in [-0.05, 0) is 38.0 Å². The van der Waals surface area contributed by atoms with E-state index in [4.69, 9.17) is 16.3 Å². The molecule has 1 aromatic heterocycles. The first-order valence-electron chi connectivity index (χ1n) is 8.80. The van der Waals surface area contributed by atoms with Gasteiger partial charge in [-0.2, -0.15) is 0 Å². The molecule has 140 valence electrons. The minimum absolute atomic E-state index is 0.0357. The molecule has 0 unspecified atom stereocenters. The smallest absolute Gasteiger partial charge is 0.233 e. The van der Waals surface area contributed by atoms with Crippen LogP contribution in [0.5, 0.6) is 5.75 Å². The van der Waals surface area contributed by atoms with E-state index in [9.17, 15) is 4.79 Å². The maximum Gasteiger partial charge on any atom is 0.233 e. The Balaban J connectivity index is 1.64. The summed E-state index contributed by atoms with van der Waals surface area (Å²) in [6.07, 6.45) is 5.80. The van der Waals surface area contributed by atoms with Gasteiger partial charge in [-0.25, -0.2) is 4.98 Å². The van der Waals surface area contributed by atoms with Crippen molar-refractivity contribution in [3.8, 4) is 17.1 Å². The number of amides is 1. The number of aromatic amines is 1. The molecule has 2 N–H and O–H groups in total. The maximum atomic E-state index is 12.4. The molecule has 0 radical (unpaired) electrons. The molecule has 0 spiro atoms. The second-order valence-corrected chi connectivity index (χ2v) is 8.16. The van der Waals surface area contributed by atoms with E-state index in [1.165, 1.54) is 31.0 Å². The lowest BCUT2D eigenvalue weighted by Crippen LogP contribution is -2.40. The molecule has 26 heavy (non-hydrogen) atoms. The molecule has 1 amide bonds. The van der Waals surface area contributed by atoms with Crippen LogP contribution in [0.1, 0.15) is 39.0 Å². The van der Waals surface area contributed by atoms with E-state index < -0.39 is 0 Å². The number of ether oxygens (including phenoxy) is 1. The normalized spacial score (nSPS) is 16.3. The minimum Gasteiger partial charge on any atom is -0.496 e. The molecule has 2 aromatic rings. The molecule has 3 rings (SSSR count). The number of H-pyrrole nitrogens is 1. The number of rotatable bonds is 6. The van der Waals surface area contributed by atoms with E-state index in [1.54, 1.807) is 25.3 Å². The van der Waals surface area contributed by atoms with Crippen molar-refractivity contribution in [3.63, 3.8) is 0 Å². The number of halogens is 1. The van der Waals surface area contributed by atoms with Crippen LogP contribution < -0.4 is 10.1 Å². The van der Waals surface area contributed by atoms with Crippen LogP contribution in [0.15, 0.2) is 23.4 Å². The molecular weight excluding hydrogens is 372 g/mol. The van der Waals surface area contributed by atoms with Gasteiger partial charge in [-0.15, -0.1) is 5.10 Å². The van der Waals surface area contributed by atoms with E-state index in [-0.39, 0.29) is 11.2 Å². The summed E-state index contributed by atoms with van der Waals surface area (Å²) in [7, 11) is 1.59. The Hall–Kier alpha value is -1.73. The first-order chi connectivity index (χ1) is 12.6. The Morgan fingerprint density at radius 1 is 1.38 bits per heavy atom. The van der Waals surface area contributed by atoms with Crippen LogP contribution in [0, 0.1) is 0 Å². The minimum atomic E-state index is -0.262. The van der Waals surface area contributed by atoms with Gasteiger partial charge in [0.15, 0.2) is 5.82 Å². The standard InChI is InChI=1S/C18H23ClN4O2S/c1-11(17(24)20-13-6-4-3-5-7-13)26-18-21-16(22-23-18)14-10-12(19)8-9-15(14)25-2/h8-11,13H,3-7H2,1-2H3,(H,20,24)(H,21,22,23)/t11-/m1/s1. The third kappa shape index (κ3) is 4.71. The Kier molecular flexibility index (Phi) is 6.43. The van der Waals surface area contributed by atoms with Gasteiger partial charge in [-0.3, -0.25) is 9.89 Å². The summed E-state index contributed by atoms with van der Waals surface area (Å²) < 4.78 is 5.35. The monoisotopic (exact) mass is 394 g/mol. The van der Waals surface area contributed by atoms with E-state index in [0.717, 1.165) is 18.4 Å². The van der Waals surface area contributed by atoms with Crippen molar-refractivity contribution in [3.05, 3.63) is 23.2 Å². The zero-order chi connectivity index (χ0) is 18.5. The SMILES string of the molecule is COc1ccc(Cl)cc1-c1nc(S[C@H](C)C(=O)NC2CCCCC2)n[nH]1. The summed E-state index contributed by atoms with van der Waals surface area (Å²) in [5.74, 6) is 1.26. The molecule has 1 aliphatic carbocycles. The predicted octanol–water partition coefficient (Wildman–Crippen LogP) is 4.06. The first kappa shape index (κ1) is 19.0. The van der Waals surface area contributed by atoms with E-state index >= 15 is 0 Å². The van der Waals surface area contributed by atoms with Crippen LogP contribution >= 0.6 is 23.4 Å². The number of methoxy groups -OCH3 is 1. The first-order valence-corrected chi connectivity index (χ1v) is 10.1. The number of benzene rings is 1. The number of nitrogens with one attached hydrogen (secondary N) is 2. The highest BCUT2D eigenvalue weighted by atomic mass is 35.5. The summed E-state index contributed by atoms with van der Waals surface area (Å²) in [4.78, 5) is 16.9. The van der Waals surface area contributed by atoms with Crippen LogP contribution in [-0.4, -0.2) is 39.5 Å². The Labute approximate surface area is 162 Å². The quantitative estimate of drug-likeness (QED) is 0.722. The van der Waals surface area contributed by atoms with Gasteiger partial charge in [0.2, 0.25) is 11.1 Å². The third-order valence-electron chi connectivity index (χ3n) is 4.48. The molecule has 1 fully saturated rings. The fraction of sp³-hybridized carbons (Fsp3) is 0.500. The molecule has 0 saturated heterocycles. The van der Waals surface area contributed by atoms with E-state index in [1.807, 2.05) is 6.92 Å². The number of nitrogens with zero attached hydrogens (tertiary/aromatic N) is 2. The zero-order valence-electron chi connectivity index (χ0n) is 14.9.